The van der Waals surface area contributed by atoms with Crippen LogP contribution in [0.25, 0.3) is 33.6 Å². The van der Waals surface area contributed by atoms with Crippen LogP contribution in [-0.4, -0.2) is 81.7 Å². The molecule has 3 atom stereocenters. The molecule has 1 aliphatic carbocycles. The summed E-state index contributed by atoms with van der Waals surface area (Å²) in [5.41, 5.74) is 7.81. The van der Waals surface area contributed by atoms with Gasteiger partial charge < -0.3 is 45.0 Å². The van der Waals surface area contributed by atoms with Crippen molar-refractivity contribution in [2.75, 3.05) is 20.8 Å². The molecule has 6 rings (SSSR count). The van der Waals surface area contributed by atoms with Crippen LogP contribution in [0.5, 0.6) is 0 Å². The Kier molecular flexibility index (Phi) is 14.1. The van der Waals surface area contributed by atoms with Gasteiger partial charge in [-0.2, -0.15) is 0 Å². The SMILES string of the molecule is CCCN(Cc1ncc(-c2ccc3c(c2)COCc2cc(-c4cnc([C@@H](NC(=O)[C@@H](NC(=O)OC)C(C)C)C5CCCC5)[nH]4)ccc2-3)[nH]1)C(=O)[C@@H](NC(=O)OC)C(C)C. The molecule has 0 saturated heterocycles. The molecule has 3 heterocycles. The molecule has 4 amide bonds. The molecular weight excluding hydrogens is 753 g/mol. The Morgan fingerprint density at radius 3 is 1.92 bits per heavy atom. The second-order valence-corrected chi connectivity index (χ2v) is 16.2. The zero-order valence-corrected chi connectivity index (χ0v) is 35.1. The maximum absolute atomic E-state index is 13.6. The average Bonchev–Trinajstić information content (AvgIpc) is 4.02. The molecule has 15 heteroatoms. The Morgan fingerprint density at radius 2 is 1.36 bits per heavy atom. The molecule has 59 heavy (non-hydrogen) atoms. The zero-order valence-electron chi connectivity index (χ0n) is 35.1. The molecule has 0 unspecified atom stereocenters. The average molecular weight is 811 g/mol. The number of imidazole rings is 2. The van der Waals surface area contributed by atoms with Crippen LogP contribution in [0.2, 0.25) is 0 Å². The fourth-order valence-electron chi connectivity index (χ4n) is 8.07. The van der Waals surface area contributed by atoms with Crippen LogP contribution >= 0.6 is 0 Å². The number of hydrogen-bond acceptors (Lipinski definition) is 9. The smallest absolute Gasteiger partial charge is 0.407 e. The van der Waals surface area contributed by atoms with Crippen molar-refractivity contribution in [3.8, 4) is 33.6 Å². The lowest BCUT2D eigenvalue weighted by molar-refractivity contribution is -0.135. The Balaban J connectivity index is 1.19. The van der Waals surface area contributed by atoms with E-state index in [4.69, 9.17) is 19.2 Å². The molecule has 1 fully saturated rings. The molecule has 2 aromatic carbocycles. The van der Waals surface area contributed by atoms with E-state index in [-0.39, 0.29) is 42.2 Å². The Labute approximate surface area is 345 Å². The number of nitrogens with zero attached hydrogens (tertiary/aromatic N) is 3. The van der Waals surface area contributed by atoms with E-state index >= 15 is 0 Å². The Bertz CT molecular complexity index is 2100. The number of hydrogen-bond donors (Lipinski definition) is 5. The van der Waals surface area contributed by atoms with Crippen molar-refractivity contribution in [1.82, 2.24) is 40.8 Å². The largest absolute Gasteiger partial charge is 0.453 e. The summed E-state index contributed by atoms with van der Waals surface area (Å²) in [4.78, 5) is 69.1. The number of carbonyl (C=O) groups is 4. The Hall–Kier alpha value is -5.70. The van der Waals surface area contributed by atoms with Crippen LogP contribution in [0.3, 0.4) is 0 Å². The quantitative estimate of drug-likeness (QED) is 0.0840. The first kappa shape index (κ1) is 42.9. The van der Waals surface area contributed by atoms with Gasteiger partial charge in [0.2, 0.25) is 11.8 Å². The molecule has 1 saturated carbocycles. The number of nitrogens with one attached hydrogen (secondary N) is 5. The summed E-state index contributed by atoms with van der Waals surface area (Å²) >= 11 is 0. The van der Waals surface area contributed by atoms with Crippen LogP contribution in [0.15, 0.2) is 48.8 Å². The number of carbonyl (C=O) groups excluding carboxylic acids is 4. The van der Waals surface area contributed by atoms with E-state index in [9.17, 15) is 19.2 Å². The molecule has 0 bridgehead atoms. The lowest BCUT2D eigenvalue weighted by atomic mass is 9.93. The first-order valence-corrected chi connectivity index (χ1v) is 20.6. The fourth-order valence-corrected chi connectivity index (χ4v) is 8.07. The first-order valence-electron chi connectivity index (χ1n) is 20.6. The highest BCUT2D eigenvalue weighted by Gasteiger charge is 2.34. The van der Waals surface area contributed by atoms with Gasteiger partial charge in [0.1, 0.15) is 23.7 Å². The maximum Gasteiger partial charge on any atom is 0.407 e. The number of fused-ring (bicyclic) bond motifs is 3. The van der Waals surface area contributed by atoms with E-state index in [0.717, 1.165) is 76.9 Å². The number of rotatable bonds is 15. The van der Waals surface area contributed by atoms with E-state index in [1.165, 1.54) is 14.2 Å². The zero-order chi connectivity index (χ0) is 42.2. The van der Waals surface area contributed by atoms with Gasteiger partial charge in [0.15, 0.2) is 0 Å². The summed E-state index contributed by atoms with van der Waals surface area (Å²) in [5.74, 6) is 0.814. The monoisotopic (exact) mass is 810 g/mol. The molecule has 2 aromatic heterocycles. The standard InChI is InChI=1S/C44H58N8O7/c1-8-17-52(42(54)38(26(4)5)51-44(56)58-7)22-36-45-20-34(47-36)28-13-15-32-30(18-28)23-59-24-31-19-29(14-16-33(31)32)35-21-46-40(48-35)39(27-11-9-10-12-27)49-41(53)37(25(2)3)50-43(55)57-6/h13-16,18-21,25-27,37-39H,8-12,17,22-24H2,1-7H3,(H,45,47)(H,46,48)(H,49,53)(H,50,55)(H,51,56)/t37-,38-,39-/m0/s1. The van der Waals surface area contributed by atoms with Gasteiger partial charge in [0.05, 0.1) is 63.8 Å². The number of methoxy groups -OCH3 is 2. The third-order valence-corrected chi connectivity index (χ3v) is 11.3. The minimum absolute atomic E-state index is 0.132. The molecular formula is C44H58N8O7. The van der Waals surface area contributed by atoms with Gasteiger partial charge in [-0.3, -0.25) is 9.59 Å². The molecule has 4 aromatic rings. The molecule has 2 aliphatic rings. The first-order chi connectivity index (χ1) is 28.4. The van der Waals surface area contributed by atoms with Gasteiger partial charge in [0, 0.05) is 6.54 Å². The highest BCUT2D eigenvalue weighted by Crippen LogP contribution is 2.38. The molecule has 0 radical (unpaired) electrons. The number of amides is 4. The summed E-state index contributed by atoms with van der Waals surface area (Å²) in [7, 11) is 2.57. The number of alkyl carbamates (subject to hydrolysis) is 2. The van der Waals surface area contributed by atoms with E-state index in [1.54, 1.807) is 11.1 Å². The van der Waals surface area contributed by atoms with E-state index < -0.39 is 24.3 Å². The predicted octanol–water partition coefficient (Wildman–Crippen LogP) is 7.01. The van der Waals surface area contributed by atoms with Crippen molar-refractivity contribution in [2.45, 2.75) is 105 Å². The lowest BCUT2D eigenvalue weighted by Gasteiger charge is -2.28. The van der Waals surface area contributed by atoms with Crippen molar-refractivity contribution in [3.05, 3.63) is 71.6 Å². The van der Waals surface area contributed by atoms with Gasteiger partial charge >= 0.3 is 12.2 Å². The highest BCUT2D eigenvalue weighted by molar-refractivity contribution is 5.87. The lowest BCUT2D eigenvalue weighted by Crippen LogP contribution is -2.51. The predicted molar refractivity (Wildman–Crippen MR) is 222 cm³/mol. The molecule has 316 valence electrons. The van der Waals surface area contributed by atoms with Crippen molar-refractivity contribution >= 4 is 24.0 Å². The third kappa shape index (κ3) is 10.1. The van der Waals surface area contributed by atoms with E-state index in [0.29, 0.717) is 31.4 Å². The Morgan fingerprint density at radius 1 is 0.797 bits per heavy atom. The number of ether oxygens (including phenoxy) is 3. The second kappa shape index (κ2) is 19.4. The third-order valence-electron chi connectivity index (χ3n) is 11.3. The molecule has 0 spiro atoms. The van der Waals surface area contributed by atoms with Crippen LogP contribution in [0.1, 0.15) is 95.5 Å². The number of H-pyrrole nitrogens is 2. The second-order valence-electron chi connectivity index (χ2n) is 16.2. The van der Waals surface area contributed by atoms with Crippen LogP contribution < -0.4 is 16.0 Å². The van der Waals surface area contributed by atoms with E-state index in [1.807, 2.05) is 40.8 Å². The van der Waals surface area contributed by atoms with Gasteiger partial charge in [-0.1, -0.05) is 71.7 Å². The summed E-state index contributed by atoms with van der Waals surface area (Å²) in [6, 6.07) is 10.8. The van der Waals surface area contributed by atoms with Gasteiger partial charge in [-0.25, -0.2) is 19.6 Å². The summed E-state index contributed by atoms with van der Waals surface area (Å²) in [6.07, 6.45) is 7.19. The van der Waals surface area contributed by atoms with Crippen LogP contribution in [0.4, 0.5) is 9.59 Å². The van der Waals surface area contributed by atoms with Crippen molar-refractivity contribution in [1.29, 1.82) is 0 Å². The topological polar surface area (TPSA) is 193 Å². The van der Waals surface area contributed by atoms with E-state index in [2.05, 4.69) is 67.3 Å². The van der Waals surface area contributed by atoms with Gasteiger partial charge in [-0.05, 0) is 82.5 Å². The minimum atomic E-state index is -0.748. The van der Waals surface area contributed by atoms with Crippen LogP contribution in [-0.2, 0) is 43.6 Å². The van der Waals surface area contributed by atoms with Gasteiger partial charge in [0.25, 0.3) is 0 Å². The maximum atomic E-state index is 13.6. The summed E-state index contributed by atoms with van der Waals surface area (Å²) in [6.45, 7) is 11.2. The van der Waals surface area contributed by atoms with Crippen LogP contribution in [0, 0.1) is 17.8 Å². The number of benzene rings is 2. The molecule has 15 nitrogen and oxygen atoms in total. The van der Waals surface area contributed by atoms with Crippen molar-refractivity contribution in [3.63, 3.8) is 0 Å². The highest BCUT2D eigenvalue weighted by atomic mass is 16.5. The van der Waals surface area contributed by atoms with Crippen molar-refractivity contribution < 1.29 is 33.4 Å². The summed E-state index contributed by atoms with van der Waals surface area (Å²) < 4.78 is 15.8. The van der Waals surface area contributed by atoms with Gasteiger partial charge in [-0.15, -0.1) is 0 Å². The normalized spacial score (nSPS) is 15.4. The molecule has 1 aliphatic heterocycles. The van der Waals surface area contributed by atoms with Crippen molar-refractivity contribution in [2.24, 2.45) is 17.8 Å². The fraction of sp³-hybridized carbons (Fsp3) is 0.500. The number of aromatic amines is 2. The molecule has 5 N–H and O–H groups in total. The number of aromatic nitrogens is 4. The minimum Gasteiger partial charge on any atom is -0.453 e. The summed E-state index contributed by atoms with van der Waals surface area (Å²) in [5, 5.41) is 8.57.